The van der Waals surface area contributed by atoms with E-state index in [2.05, 4.69) is 0 Å². The zero-order valence-corrected chi connectivity index (χ0v) is 8.18. The van der Waals surface area contributed by atoms with Crippen LogP contribution in [0.4, 0.5) is 4.39 Å². The van der Waals surface area contributed by atoms with Crippen molar-refractivity contribution in [2.24, 2.45) is 0 Å². The van der Waals surface area contributed by atoms with E-state index in [1.54, 1.807) is 6.07 Å². The highest BCUT2D eigenvalue weighted by Crippen LogP contribution is 2.16. The summed E-state index contributed by atoms with van der Waals surface area (Å²) in [5.41, 5.74) is 0.774. The molecule has 72 valence electrons. The van der Waals surface area contributed by atoms with Crippen LogP contribution in [0.2, 0.25) is 5.02 Å². The Morgan fingerprint density at radius 3 is 2.77 bits per heavy atom. The highest BCUT2D eigenvalue weighted by Gasteiger charge is 2.05. The van der Waals surface area contributed by atoms with Gasteiger partial charge in [0.05, 0.1) is 11.1 Å². The summed E-state index contributed by atoms with van der Waals surface area (Å²) in [7, 11) is 0. The first-order chi connectivity index (χ1) is 6.13. The van der Waals surface area contributed by atoms with Gasteiger partial charge in [-0.3, -0.25) is 0 Å². The molecule has 0 aromatic heterocycles. The topological polar surface area (TPSA) is 20.2 Å². The summed E-state index contributed by atoms with van der Waals surface area (Å²) in [5, 5.41) is 9.44. The number of hydrogen-bond donors (Lipinski definition) is 1. The maximum atomic E-state index is 12.9. The molecule has 0 radical (unpaired) electrons. The molecule has 13 heavy (non-hydrogen) atoms. The van der Waals surface area contributed by atoms with Gasteiger partial charge in [0.2, 0.25) is 0 Å². The minimum Gasteiger partial charge on any atom is -0.393 e. The molecule has 1 rings (SSSR count). The van der Waals surface area contributed by atoms with Gasteiger partial charge in [-0.25, -0.2) is 4.39 Å². The largest absolute Gasteiger partial charge is 0.393 e. The Hall–Kier alpha value is -0.600. The van der Waals surface area contributed by atoms with Gasteiger partial charge in [0.1, 0.15) is 5.82 Å². The van der Waals surface area contributed by atoms with Gasteiger partial charge in [-0.05, 0) is 30.5 Å². The van der Waals surface area contributed by atoms with E-state index < -0.39 is 11.9 Å². The first kappa shape index (κ1) is 10.5. The van der Waals surface area contributed by atoms with Crippen LogP contribution in [-0.4, -0.2) is 11.2 Å². The smallest absolute Gasteiger partial charge is 0.142 e. The second-order valence-electron chi connectivity index (χ2n) is 3.01. The Labute approximate surface area is 82.2 Å². The van der Waals surface area contributed by atoms with Crippen LogP contribution in [0, 0.1) is 5.82 Å². The Balaban J connectivity index is 2.73. The van der Waals surface area contributed by atoms with Crippen molar-refractivity contribution in [2.75, 3.05) is 0 Å². The van der Waals surface area contributed by atoms with Gasteiger partial charge in [-0.2, -0.15) is 0 Å². The minimum atomic E-state index is -0.428. The Morgan fingerprint density at radius 2 is 2.23 bits per heavy atom. The molecule has 0 spiro atoms. The van der Waals surface area contributed by atoms with E-state index in [0.29, 0.717) is 12.8 Å². The average molecular weight is 203 g/mol. The molecular weight excluding hydrogens is 191 g/mol. The van der Waals surface area contributed by atoms with Gasteiger partial charge >= 0.3 is 0 Å². The number of hydrogen-bond acceptors (Lipinski definition) is 1. The molecule has 0 saturated carbocycles. The molecular formula is C10H12ClFO. The third-order valence-electron chi connectivity index (χ3n) is 1.93. The van der Waals surface area contributed by atoms with Crippen LogP contribution in [0.5, 0.6) is 0 Å². The summed E-state index contributed by atoms with van der Waals surface area (Å²) in [6.45, 7) is 1.89. The lowest BCUT2D eigenvalue weighted by atomic mass is 10.1. The quantitative estimate of drug-likeness (QED) is 0.799. The fourth-order valence-electron chi connectivity index (χ4n) is 1.08. The third kappa shape index (κ3) is 2.98. The monoisotopic (exact) mass is 202 g/mol. The van der Waals surface area contributed by atoms with E-state index in [-0.39, 0.29) is 5.02 Å². The molecule has 1 aromatic rings. The fraction of sp³-hybridized carbons (Fsp3) is 0.400. The lowest BCUT2D eigenvalue weighted by Crippen LogP contribution is -2.08. The van der Waals surface area contributed by atoms with Crippen molar-refractivity contribution in [1.82, 2.24) is 0 Å². The van der Waals surface area contributed by atoms with Crippen LogP contribution < -0.4 is 0 Å². The Kier molecular flexibility index (Phi) is 3.70. The molecule has 0 fully saturated rings. The fourth-order valence-corrected chi connectivity index (χ4v) is 1.20. The van der Waals surface area contributed by atoms with E-state index in [1.807, 2.05) is 6.92 Å². The van der Waals surface area contributed by atoms with Crippen LogP contribution >= 0.6 is 11.6 Å². The molecule has 1 aromatic carbocycles. The summed E-state index contributed by atoms with van der Waals surface area (Å²) < 4.78 is 12.9. The lowest BCUT2D eigenvalue weighted by Gasteiger charge is -2.07. The second-order valence-corrected chi connectivity index (χ2v) is 3.42. The van der Waals surface area contributed by atoms with Gasteiger partial charge in [-0.15, -0.1) is 0 Å². The number of aliphatic hydroxyl groups is 1. The molecule has 0 aliphatic rings. The lowest BCUT2D eigenvalue weighted by molar-refractivity contribution is 0.170. The third-order valence-corrected chi connectivity index (χ3v) is 2.23. The van der Waals surface area contributed by atoms with E-state index in [1.165, 1.54) is 12.1 Å². The summed E-state index contributed by atoms with van der Waals surface area (Å²) in [4.78, 5) is 0. The molecule has 0 aliphatic carbocycles. The normalized spacial score (nSPS) is 12.9. The molecule has 0 saturated heterocycles. The molecule has 3 heteroatoms. The van der Waals surface area contributed by atoms with Crippen LogP contribution in [0.1, 0.15) is 18.9 Å². The number of aliphatic hydroxyl groups excluding tert-OH is 1. The van der Waals surface area contributed by atoms with Crippen molar-refractivity contribution in [3.63, 3.8) is 0 Å². The molecule has 1 N–H and O–H groups in total. The van der Waals surface area contributed by atoms with Crippen LogP contribution in [0.25, 0.3) is 0 Å². The SMILES string of the molecule is CC[C@H](O)Cc1ccc(Cl)c(F)c1. The van der Waals surface area contributed by atoms with Crippen molar-refractivity contribution in [2.45, 2.75) is 25.9 Å². The van der Waals surface area contributed by atoms with Gasteiger partial charge in [0, 0.05) is 0 Å². The van der Waals surface area contributed by atoms with Crippen LogP contribution in [-0.2, 0) is 6.42 Å². The minimum absolute atomic E-state index is 0.120. The summed E-state index contributed by atoms with van der Waals surface area (Å²) in [6.07, 6.45) is 0.745. The number of rotatable bonds is 3. The highest BCUT2D eigenvalue weighted by molar-refractivity contribution is 6.30. The van der Waals surface area contributed by atoms with E-state index in [4.69, 9.17) is 11.6 Å². The standard InChI is InChI=1S/C10H12ClFO/c1-2-8(13)5-7-3-4-9(11)10(12)6-7/h3-4,6,8,13H,2,5H2,1H3/t8-/m0/s1. The number of benzene rings is 1. The van der Waals surface area contributed by atoms with E-state index >= 15 is 0 Å². The Morgan fingerprint density at radius 1 is 1.54 bits per heavy atom. The summed E-state index contributed by atoms with van der Waals surface area (Å²) >= 11 is 5.51. The molecule has 0 amide bonds. The Bertz CT molecular complexity index is 288. The van der Waals surface area contributed by atoms with Gasteiger partial charge in [0.15, 0.2) is 0 Å². The molecule has 1 atom stereocenters. The predicted molar refractivity (Wildman–Crippen MR) is 51.4 cm³/mol. The van der Waals surface area contributed by atoms with Crippen molar-refractivity contribution < 1.29 is 9.50 Å². The van der Waals surface area contributed by atoms with Crippen LogP contribution in [0.15, 0.2) is 18.2 Å². The van der Waals surface area contributed by atoms with E-state index in [0.717, 1.165) is 5.56 Å². The predicted octanol–water partition coefficient (Wildman–Crippen LogP) is 2.79. The maximum Gasteiger partial charge on any atom is 0.142 e. The van der Waals surface area contributed by atoms with Crippen molar-refractivity contribution in [1.29, 1.82) is 0 Å². The average Bonchev–Trinajstić information content (AvgIpc) is 2.11. The molecule has 0 heterocycles. The first-order valence-electron chi connectivity index (χ1n) is 4.25. The molecule has 0 unspecified atom stereocenters. The second kappa shape index (κ2) is 4.58. The van der Waals surface area contributed by atoms with Gasteiger partial charge < -0.3 is 5.11 Å². The number of halogens is 2. The molecule has 0 bridgehead atoms. The molecule has 0 aliphatic heterocycles. The van der Waals surface area contributed by atoms with Gasteiger partial charge in [-0.1, -0.05) is 24.6 Å². The maximum absolute atomic E-state index is 12.9. The van der Waals surface area contributed by atoms with Crippen molar-refractivity contribution in [3.05, 3.63) is 34.6 Å². The highest BCUT2D eigenvalue weighted by atomic mass is 35.5. The zero-order chi connectivity index (χ0) is 9.84. The summed E-state index contributed by atoms with van der Waals surface area (Å²) in [6, 6.07) is 4.60. The van der Waals surface area contributed by atoms with Crippen LogP contribution in [0.3, 0.4) is 0 Å². The van der Waals surface area contributed by atoms with E-state index in [9.17, 15) is 9.50 Å². The van der Waals surface area contributed by atoms with Crippen molar-refractivity contribution >= 4 is 11.6 Å². The van der Waals surface area contributed by atoms with Crippen molar-refractivity contribution in [3.8, 4) is 0 Å². The summed E-state index contributed by atoms with van der Waals surface area (Å²) in [5.74, 6) is -0.428. The van der Waals surface area contributed by atoms with Gasteiger partial charge in [0.25, 0.3) is 0 Å². The first-order valence-corrected chi connectivity index (χ1v) is 4.63. The molecule has 1 nitrogen and oxygen atoms in total. The zero-order valence-electron chi connectivity index (χ0n) is 7.43.